The SMILES string of the molecule is CC(NC(=O)CN)C(=O)NC(CCCN=C(N)N)C(=O)NC(CC(N)=O)C(=O)O. The number of guanidine groups is 1. The zero-order valence-electron chi connectivity index (χ0n) is 16.0. The summed E-state index contributed by atoms with van der Waals surface area (Å²) in [6.07, 6.45) is -0.305. The molecule has 0 aliphatic heterocycles. The highest BCUT2D eigenvalue weighted by molar-refractivity contribution is 5.94. The van der Waals surface area contributed by atoms with Crippen LogP contribution in [0, 0.1) is 0 Å². The number of carbonyl (C=O) groups excluding carboxylic acids is 4. The van der Waals surface area contributed by atoms with Gasteiger partial charge in [-0.3, -0.25) is 24.2 Å². The molecule has 14 heteroatoms. The minimum atomic E-state index is -1.56. The van der Waals surface area contributed by atoms with Crippen molar-refractivity contribution in [1.29, 1.82) is 0 Å². The predicted octanol–water partition coefficient (Wildman–Crippen LogP) is -4.57. The number of aliphatic carboxylic acids is 1. The minimum absolute atomic E-state index is 0.0504. The maximum Gasteiger partial charge on any atom is 0.326 e. The molecule has 0 heterocycles. The molecule has 0 aromatic heterocycles. The molecule has 0 aliphatic rings. The second-order valence-corrected chi connectivity index (χ2v) is 6.07. The Bertz CT molecular complexity index is 649. The summed E-state index contributed by atoms with van der Waals surface area (Å²) in [5.41, 5.74) is 20.6. The number of rotatable bonds is 13. The number of aliphatic imine (C=N–C) groups is 1. The summed E-state index contributed by atoms with van der Waals surface area (Å²) < 4.78 is 0. The molecule has 3 atom stereocenters. The lowest BCUT2D eigenvalue weighted by Gasteiger charge is -2.22. The quantitative estimate of drug-likeness (QED) is 0.0814. The average Bonchev–Trinajstić information content (AvgIpc) is 2.62. The summed E-state index contributed by atoms with van der Waals surface area (Å²) >= 11 is 0. The van der Waals surface area contributed by atoms with E-state index in [1.165, 1.54) is 6.92 Å². The van der Waals surface area contributed by atoms with Crippen LogP contribution in [0.3, 0.4) is 0 Å². The van der Waals surface area contributed by atoms with Crippen molar-refractivity contribution in [2.45, 2.75) is 44.3 Å². The van der Waals surface area contributed by atoms with Crippen molar-refractivity contribution in [1.82, 2.24) is 16.0 Å². The lowest BCUT2D eigenvalue weighted by atomic mass is 10.1. The van der Waals surface area contributed by atoms with Gasteiger partial charge in [-0.15, -0.1) is 0 Å². The number of carboxylic acids is 1. The van der Waals surface area contributed by atoms with Gasteiger partial charge in [0.05, 0.1) is 13.0 Å². The summed E-state index contributed by atoms with van der Waals surface area (Å²) in [6.45, 7) is 1.21. The Morgan fingerprint density at radius 3 is 2.03 bits per heavy atom. The summed E-state index contributed by atoms with van der Waals surface area (Å²) in [7, 11) is 0. The smallest absolute Gasteiger partial charge is 0.326 e. The van der Waals surface area contributed by atoms with Crippen molar-refractivity contribution in [3.63, 3.8) is 0 Å². The number of carboxylic acid groups (broad SMARTS) is 1. The molecule has 0 rings (SSSR count). The number of amides is 4. The van der Waals surface area contributed by atoms with Gasteiger partial charge in [0.25, 0.3) is 0 Å². The Hall–Kier alpha value is -3.42. The van der Waals surface area contributed by atoms with Crippen LogP contribution in [-0.4, -0.2) is 71.9 Å². The van der Waals surface area contributed by atoms with Crippen LogP contribution in [0.15, 0.2) is 4.99 Å². The molecule has 12 N–H and O–H groups in total. The van der Waals surface area contributed by atoms with E-state index in [2.05, 4.69) is 20.9 Å². The maximum atomic E-state index is 12.5. The van der Waals surface area contributed by atoms with Crippen LogP contribution in [0.2, 0.25) is 0 Å². The lowest BCUT2D eigenvalue weighted by Crippen LogP contribution is -2.55. The highest BCUT2D eigenvalue weighted by Crippen LogP contribution is 2.02. The molecule has 0 aromatic rings. The van der Waals surface area contributed by atoms with Crippen LogP contribution >= 0.6 is 0 Å². The number of hydrogen-bond acceptors (Lipinski definition) is 7. The Morgan fingerprint density at radius 2 is 1.55 bits per heavy atom. The lowest BCUT2D eigenvalue weighted by molar-refractivity contribution is -0.143. The van der Waals surface area contributed by atoms with Crippen molar-refractivity contribution < 1.29 is 29.1 Å². The van der Waals surface area contributed by atoms with Crippen molar-refractivity contribution in [2.75, 3.05) is 13.1 Å². The fourth-order valence-electron chi connectivity index (χ4n) is 2.11. The summed E-state index contributed by atoms with van der Waals surface area (Å²) in [4.78, 5) is 62.0. The van der Waals surface area contributed by atoms with E-state index < -0.39 is 54.1 Å². The summed E-state index contributed by atoms with van der Waals surface area (Å²) in [5, 5.41) is 16.0. The van der Waals surface area contributed by atoms with E-state index in [1.807, 2.05) is 0 Å². The molecule has 3 unspecified atom stereocenters. The molecule has 0 aliphatic carbocycles. The van der Waals surface area contributed by atoms with Gasteiger partial charge in [0.15, 0.2) is 5.96 Å². The molecule has 0 radical (unpaired) electrons. The van der Waals surface area contributed by atoms with Gasteiger partial charge >= 0.3 is 5.97 Å². The second kappa shape index (κ2) is 12.9. The molecule has 0 fully saturated rings. The fourth-order valence-corrected chi connectivity index (χ4v) is 2.11. The first-order valence-corrected chi connectivity index (χ1v) is 8.64. The molecule has 0 aromatic carbocycles. The molecular formula is C15H28N8O6. The highest BCUT2D eigenvalue weighted by Gasteiger charge is 2.28. The van der Waals surface area contributed by atoms with Crippen molar-refractivity contribution in [3.05, 3.63) is 0 Å². The zero-order valence-corrected chi connectivity index (χ0v) is 16.0. The first-order chi connectivity index (χ1) is 13.5. The molecule has 0 saturated heterocycles. The fraction of sp³-hybridized carbons (Fsp3) is 0.600. The number of nitrogens with two attached hydrogens (primary N) is 4. The molecule has 29 heavy (non-hydrogen) atoms. The van der Waals surface area contributed by atoms with Gasteiger partial charge in [-0.2, -0.15) is 0 Å². The largest absolute Gasteiger partial charge is 0.480 e. The van der Waals surface area contributed by atoms with Crippen LogP contribution in [0.25, 0.3) is 0 Å². The van der Waals surface area contributed by atoms with Gasteiger partial charge in [-0.05, 0) is 19.8 Å². The molecule has 0 spiro atoms. The van der Waals surface area contributed by atoms with E-state index in [0.717, 1.165) is 0 Å². The van der Waals surface area contributed by atoms with Crippen LogP contribution < -0.4 is 38.9 Å². The number of primary amides is 1. The number of carbonyl (C=O) groups is 5. The second-order valence-electron chi connectivity index (χ2n) is 6.07. The summed E-state index contributed by atoms with van der Waals surface area (Å²) in [5.74, 6) is -4.67. The normalized spacial score (nSPS) is 13.3. The van der Waals surface area contributed by atoms with E-state index in [9.17, 15) is 24.0 Å². The molecule has 0 bridgehead atoms. The Balaban J connectivity index is 5.19. The number of nitrogens with zero attached hydrogens (tertiary/aromatic N) is 1. The third-order valence-electron chi connectivity index (χ3n) is 3.55. The van der Waals surface area contributed by atoms with Gasteiger partial charge in [0.1, 0.15) is 18.1 Å². The average molecular weight is 416 g/mol. The zero-order chi connectivity index (χ0) is 22.6. The van der Waals surface area contributed by atoms with Crippen LogP contribution in [0.1, 0.15) is 26.2 Å². The Kier molecular flexibility index (Phi) is 11.4. The van der Waals surface area contributed by atoms with E-state index in [0.29, 0.717) is 0 Å². The first kappa shape index (κ1) is 25.6. The summed E-state index contributed by atoms with van der Waals surface area (Å²) in [6, 6.07) is -3.74. The predicted molar refractivity (Wildman–Crippen MR) is 102 cm³/mol. The molecule has 4 amide bonds. The van der Waals surface area contributed by atoms with E-state index >= 15 is 0 Å². The van der Waals surface area contributed by atoms with Crippen molar-refractivity contribution in [2.24, 2.45) is 27.9 Å². The van der Waals surface area contributed by atoms with E-state index in [-0.39, 0.29) is 31.9 Å². The third kappa shape index (κ3) is 11.1. The molecule has 164 valence electrons. The van der Waals surface area contributed by atoms with Crippen LogP contribution in [-0.2, 0) is 24.0 Å². The van der Waals surface area contributed by atoms with Gasteiger partial charge in [-0.1, -0.05) is 0 Å². The first-order valence-electron chi connectivity index (χ1n) is 8.64. The van der Waals surface area contributed by atoms with Gasteiger partial charge in [0.2, 0.25) is 23.6 Å². The Labute approximate surface area is 166 Å². The third-order valence-corrected chi connectivity index (χ3v) is 3.55. The minimum Gasteiger partial charge on any atom is -0.480 e. The maximum absolute atomic E-state index is 12.5. The van der Waals surface area contributed by atoms with Gasteiger partial charge < -0.3 is 44.0 Å². The number of nitrogens with one attached hydrogen (secondary N) is 3. The molecule has 0 saturated carbocycles. The molecular weight excluding hydrogens is 388 g/mol. The van der Waals surface area contributed by atoms with E-state index in [1.54, 1.807) is 0 Å². The monoisotopic (exact) mass is 416 g/mol. The number of hydrogen-bond donors (Lipinski definition) is 8. The van der Waals surface area contributed by atoms with Crippen molar-refractivity contribution >= 4 is 35.6 Å². The Morgan fingerprint density at radius 1 is 0.966 bits per heavy atom. The van der Waals surface area contributed by atoms with Gasteiger partial charge in [0, 0.05) is 6.54 Å². The van der Waals surface area contributed by atoms with Crippen molar-refractivity contribution in [3.8, 4) is 0 Å². The topological polar surface area (TPSA) is 258 Å². The standard InChI is InChI=1S/C15H28N8O6/c1-7(21-11(25)6-16)12(26)22-8(3-2-4-20-15(18)19)13(27)23-9(14(28)29)5-10(17)24/h7-9H,2-6,16H2,1H3,(H2,17,24)(H,21,25)(H,22,26)(H,23,27)(H,28,29)(H4,18,19,20). The van der Waals surface area contributed by atoms with E-state index in [4.69, 9.17) is 28.0 Å². The van der Waals surface area contributed by atoms with Gasteiger partial charge in [-0.25, -0.2) is 4.79 Å². The van der Waals surface area contributed by atoms with Crippen LogP contribution in [0.4, 0.5) is 0 Å². The molecule has 14 nitrogen and oxygen atoms in total. The highest BCUT2D eigenvalue weighted by atomic mass is 16.4. The van der Waals surface area contributed by atoms with Crippen LogP contribution in [0.5, 0.6) is 0 Å².